The van der Waals surface area contributed by atoms with E-state index < -0.39 is 5.76 Å². The summed E-state index contributed by atoms with van der Waals surface area (Å²) >= 11 is 5.90. The number of rotatable bonds is 6. The van der Waals surface area contributed by atoms with E-state index in [-0.39, 0.29) is 12.5 Å². The van der Waals surface area contributed by atoms with Crippen LogP contribution in [0.3, 0.4) is 0 Å². The van der Waals surface area contributed by atoms with Crippen molar-refractivity contribution in [2.75, 3.05) is 26.2 Å². The monoisotopic (exact) mass is 379 g/mol. The first-order valence-corrected chi connectivity index (χ1v) is 9.58. The molecule has 0 spiro atoms. The Morgan fingerprint density at radius 2 is 2.04 bits per heavy atom. The zero-order valence-electron chi connectivity index (χ0n) is 15.3. The maximum absolute atomic E-state index is 12.2. The number of benzene rings is 1. The third-order valence-electron chi connectivity index (χ3n) is 4.85. The van der Waals surface area contributed by atoms with Crippen LogP contribution in [-0.2, 0) is 11.3 Å². The van der Waals surface area contributed by atoms with Crippen molar-refractivity contribution in [1.82, 2.24) is 14.8 Å². The molecule has 7 heteroatoms. The van der Waals surface area contributed by atoms with Gasteiger partial charge in [0, 0.05) is 30.7 Å². The Morgan fingerprint density at radius 3 is 2.77 bits per heavy atom. The molecule has 2 aromatic rings. The van der Waals surface area contributed by atoms with Crippen LogP contribution >= 0.6 is 11.6 Å². The smallest absolute Gasteiger partial charge is 0.408 e. The van der Waals surface area contributed by atoms with Gasteiger partial charge in [0.1, 0.15) is 6.54 Å². The van der Waals surface area contributed by atoms with Crippen LogP contribution in [0.2, 0.25) is 5.02 Å². The van der Waals surface area contributed by atoms with Crippen LogP contribution in [0.1, 0.15) is 26.7 Å². The molecule has 1 aliphatic rings. The third kappa shape index (κ3) is 4.68. The first kappa shape index (κ1) is 19.0. The van der Waals surface area contributed by atoms with E-state index in [1.54, 1.807) is 18.2 Å². The molecule has 0 unspecified atom stereocenters. The van der Waals surface area contributed by atoms with Crippen LogP contribution in [0.4, 0.5) is 0 Å². The molecule has 26 heavy (non-hydrogen) atoms. The number of carbonyl (C=O) groups is 1. The lowest BCUT2D eigenvalue weighted by molar-refractivity contribution is -0.121. The second kappa shape index (κ2) is 8.27. The zero-order chi connectivity index (χ0) is 18.7. The van der Waals surface area contributed by atoms with E-state index >= 15 is 0 Å². The molecular formula is C19H26ClN3O3. The van der Waals surface area contributed by atoms with Gasteiger partial charge >= 0.3 is 5.76 Å². The summed E-state index contributed by atoms with van der Waals surface area (Å²) in [5, 5.41) is 3.38. The molecule has 1 aromatic heterocycles. The predicted octanol–water partition coefficient (Wildman–Crippen LogP) is 2.73. The highest BCUT2D eigenvalue weighted by molar-refractivity contribution is 6.31. The van der Waals surface area contributed by atoms with Crippen molar-refractivity contribution in [3.05, 3.63) is 33.8 Å². The molecule has 1 saturated heterocycles. The number of likely N-dealkylation sites (tertiary alicyclic amines) is 1. The number of fused-ring (bicyclic) bond motifs is 1. The quantitative estimate of drug-likeness (QED) is 0.783. The van der Waals surface area contributed by atoms with Crippen molar-refractivity contribution in [3.63, 3.8) is 0 Å². The standard InChI is InChI=1S/C19H26ClN3O3/c1-13-8-14(2)11-22(10-13)7-3-6-21-18(24)12-23-16-5-4-15(20)9-17(16)26-19(23)25/h4-5,9,13-14H,3,6-8,10-12H2,1-2H3,(H,21,24)/t13-,14+. The summed E-state index contributed by atoms with van der Waals surface area (Å²) in [6.07, 6.45) is 2.20. The molecule has 1 aromatic carbocycles. The first-order valence-electron chi connectivity index (χ1n) is 9.20. The Hall–Kier alpha value is -1.79. The van der Waals surface area contributed by atoms with E-state index in [1.807, 2.05) is 0 Å². The SMILES string of the molecule is C[C@@H]1C[C@H](C)CN(CCCNC(=O)Cn2c(=O)oc3cc(Cl)ccc32)C1. The average Bonchev–Trinajstić information content (AvgIpc) is 2.85. The minimum absolute atomic E-state index is 0.0503. The number of halogens is 1. The Morgan fingerprint density at radius 1 is 1.31 bits per heavy atom. The highest BCUT2D eigenvalue weighted by Crippen LogP contribution is 2.21. The van der Waals surface area contributed by atoms with Gasteiger partial charge < -0.3 is 14.6 Å². The molecule has 3 rings (SSSR count). The number of piperidine rings is 1. The molecule has 142 valence electrons. The summed E-state index contributed by atoms with van der Waals surface area (Å²) in [7, 11) is 0. The van der Waals surface area contributed by atoms with Gasteiger partial charge in [-0.25, -0.2) is 4.79 Å². The fourth-order valence-electron chi connectivity index (χ4n) is 3.89. The van der Waals surface area contributed by atoms with Crippen LogP contribution in [-0.4, -0.2) is 41.6 Å². The Balaban J connectivity index is 1.48. The van der Waals surface area contributed by atoms with Crippen molar-refractivity contribution in [1.29, 1.82) is 0 Å². The zero-order valence-corrected chi connectivity index (χ0v) is 16.1. The first-order chi connectivity index (χ1) is 12.4. The van der Waals surface area contributed by atoms with E-state index in [9.17, 15) is 9.59 Å². The van der Waals surface area contributed by atoms with Crippen molar-refractivity contribution < 1.29 is 9.21 Å². The van der Waals surface area contributed by atoms with Crippen LogP contribution in [0.15, 0.2) is 27.4 Å². The van der Waals surface area contributed by atoms with Gasteiger partial charge in [0.15, 0.2) is 5.58 Å². The number of nitrogens with one attached hydrogen (secondary N) is 1. The summed E-state index contributed by atoms with van der Waals surface area (Å²) in [5.74, 6) is 0.741. The maximum Gasteiger partial charge on any atom is 0.420 e. The summed E-state index contributed by atoms with van der Waals surface area (Å²) in [6.45, 7) is 8.41. The molecule has 0 aliphatic carbocycles. The van der Waals surface area contributed by atoms with Gasteiger partial charge in [0.05, 0.1) is 5.52 Å². The summed E-state index contributed by atoms with van der Waals surface area (Å²) in [6, 6.07) is 4.94. The second-order valence-corrected chi connectivity index (χ2v) is 7.91. The van der Waals surface area contributed by atoms with Gasteiger partial charge in [0.2, 0.25) is 5.91 Å². The lowest BCUT2D eigenvalue weighted by atomic mass is 9.92. The number of oxazole rings is 1. The molecule has 2 atom stereocenters. The van der Waals surface area contributed by atoms with E-state index in [0.29, 0.717) is 22.7 Å². The molecular weight excluding hydrogens is 354 g/mol. The largest absolute Gasteiger partial charge is 0.420 e. The number of carbonyl (C=O) groups excluding carboxylic acids is 1. The summed E-state index contributed by atoms with van der Waals surface area (Å²) in [5.41, 5.74) is 0.967. The normalized spacial score (nSPS) is 21.2. The lowest BCUT2D eigenvalue weighted by Gasteiger charge is -2.34. The molecule has 0 bridgehead atoms. The fraction of sp³-hybridized carbons (Fsp3) is 0.579. The molecule has 6 nitrogen and oxygen atoms in total. The fourth-order valence-corrected chi connectivity index (χ4v) is 4.06. The minimum atomic E-state index is -0.547. The van der Waals surface area contributed by atoms with Crippen LogP contribution in [0.5, 0.6) is 0 Å². The van der Waals surface area contributed by atoms with Crippen molar-refractivity contribution >= 4 is 28.6 Å². The second-order valence-electron chi connectivity index (χ2n) is 7.48. The van der Waals surface area contributed by atoms with Crippen molar-refractivity contribution in [2.45, 2.75) is 33.2 Å². The predicted molar refractivity (Wildman–Crippen MR) is 102 cm³/mol. The van der Waals surface area contributed by atoms with Gasteiger partial charge in [-0.1, -0.05) is 25.4 Å². The van der Waals surface area contributed by atoms with E-state index in [2.05, 4.69) is 24.1 Å². The Kier molecular flexibility index (Phi) is 6.04. The minimum Gasteiger partial charge on any atom is -0.408 e. The molecule has 0 saturated carbocycles. The highest BCUT2D eigenvalue weighted by Gasteiger charge is 2.21. The topological polar surface area (TPSA) is 67.5 Å². The van der Waals surface area contributed by atoms with Crippen LogP contribution in [0.25, 0.3) is 11.1 Å². The molecule has 1 fully saturated rings. The van der Waals surface area contributed by atoms with Gasteiger partial charge in [0.25, 0.3) is 0 Å². The maximum atomic E-state index is 12.2. The number of aromatic nitrogens is 1. The van der Waals surface area contributed by atoms with Crippen molar-refractivity contribution in [3.8, 4) is 0 Å². The average molecular weight is 380 g/mol. The van der Waals surface area contributed by atoms with Gasteiger partial charge in [-0.05, 0) is 43.4 Å². The van der Waals surface area contributed by atoms with Gasteiger partial charge in [-0.3, -0.25) is 9.36 Å². The van der Waals surface area contributed by atoms with E-state index in [1.165, 1.54) is 11.0 Å². The van der Waals surface area contributed by atoms with Crippen LogP contribution in [0, 0.1) is 11.8 Å². The third-order valence-corrected chi connectivity index (χ3v) is 5.08. The van der Waals surface area contributed by atoms with E-state index in [0.717, 1.165) is 37.9 Å². The lowest BCUT2D eigenvalue weighted by Crippen LogP contribution is -2.40. The Labute approximate surface area is 158 Å². The molecule has 0 radical (unpaired) electrons. The molecule has 2 heterocycles. The van der Waals surface area contributed by atoms with Crippen molar-refractivity contribution in [2.24, 2.45) is 11.8 Å². The van der Waals surface area contributed by atoms with E-state index in [4.69, 9.17) is 16.0 Å². The Bertz CT molecular complexity index is 819. The number of amides is 1. The number of hydrogen-bond acceptors (Lipinski definition) is 4. The molecule has 1 aliphatic heterocycles. The summed E-state index contributed by atoms with van der Waals surface area (Å²) < 4.78 is 6.47. The van der Waals surface area contributed by atoms with Gasteiger partial charge in [-0.2, -0.15) is 0 Å². The molecule has 1 N–H and O–H groups in total. The van der Waals surface area contributed by atoms with Gasteiger partial charge in [-0.15, -0.1) is 0 Å². The number of hydrogen-bond donors (Lipinski definition) is 1. The molecule has 1 amide bonds. The summed E-state index contributed by atoms with van der Waals surface area (Å²) in [4.78, 5) is 26.6. The number of nitrogens with zero attached hydrogens (tertiary/aromatic N) is 2. The highest BCUT2D eigenvalue weighted by atomic mass is 35.5. The van der Waals surface area contributed by atoms with Crippen LogP contribution < -0.4 is 11.1 Å².